The second-order valence-electron chi connectivity index (χ2n) is 26.3. The average Bonchev–Trinajstić information content (AvgIpc) is 3.47. The Morgan fingerprint density at radius 3 is 0.488 bits per heavy atom. The van der Waals surface area contributed by atoms with Crippen LogP contribution in [0.15, 0.2) is 0 Å². The van der Waals surface area contributed by atoms with Gasteiger partial charge in [0.15, 0.2) is 6.10 Å². The molecule has 0 saturated carbocycles. The molecule has 0 heterocycles. The van der Waals surface area contributed by atoms with E-state index in [4.69, 9.17) is 14.2 Å². The molecule has 1 atom stereocenters. The van der Waals surface area contributed by atoms with Crippen molar-refractivity contribution >= 4 is 17.9 Å². The second kappa shape index (κ2) is 71.9. The normalized spacial score (nSPS) is 11.9. The van der Waals surface area contributed by atoms with Crippen LogP contribution in [-0.2, 0) is 28.6 Å². The van der Waals surface area contributed by atoms with Gasteiger partial charge in [-0.3, -0.25) is 14.4 Å². The molecule has 82 heavy (non-hydrogen) atoms. The van der Waals surface area contributed by atoms with Crippen LogP contribution >= 0.6 is 0 Å². The van der Waals surface area contributed by atoms with Gasteiger partial charge in [0.2, 0.25) is 0 Å². The molecular weight excluding hydrogens is 1010 g/mol. The fourth-order valence-corrected chi connectivity index (χ4v) is 12.2. The summed E-state index contributed by atoms with van der Waals surface area (Å²) in [6.45, 7) is 6.75. The van der Waals surface area contributed by atoms with Crippen LogP contribution in [-0.4, -0.2) is 37.2 Å². The van der Waals surface area contributed by atoms with Crippen molar-refractivity contribution in [2.75, 3.05) is 13.2 Å². The molecular formula is C76H148O6. The van der Waals surface area contributed by atoms with Crippen LogP contribution in [0.1, 0.15) is 451 Å². The van der Waals surface area contributed by atoms with Crippen molar-refractivity contribution < 1.29 is 28.6 Å². The van der Waals surface area contributed by atoms with Crippen molar-refractivity contribution in [1.29, 1.82) is 0 Å². The van der Waals surface area contributed by atoms with Crippen LogP contribution in [0.5, 0.6) is 0 Å². The lowest BCUT2D eigenvalue weighted by atomic mass is 10.0. The van der Waals surface area contributed by atoms with Crippen LogP contribution in [0, 0.1) is 0 Å². The highest BCUT2D eigenvalue weighted by Gasteiger charge is 2.20. The zero-order chi connectivity index (χ0) is 59.2. The Bertz CT molecular complexity index is 1240. The minimum atomic E-state index is -0.764. The highest BCUT2D eigenvalue weighted by molar-refractivity contribution is 5.71. The first kappa shape index (κ1) is 80.4. The summed E-state index contributed by atoms with van der Waals surface area (Å²) in [5.41, 5.74) is 0. The molecule has 0 aromatic rings. The molecule has 0 fully saturated rings. The predicted octanol–water partition coefficient (Wildman–Crippen LogP) is 26.2. The topological polar surface area (TPSA) is 78.9 Å². The van der Waals surface area contributed by atoms with E-state index >= 15 is 0 Å². The third kappa shape index (κ3) is 69.2. The molecule has 0 radical (unpaired) electrons. The van der Waals surface area contributed by atoms with Gasteiger partial charge in [-0.15, -0.1) is 0 Å². The lowest BCUT2D eigenvalue weighted by molar-refractivity contribution is -0.167. The van der Waals surface area contributed by atoms with E-state index < -0.39 is 6.10 Å². The summed E-state index contributed by atoms with van der Waals surface area (Å²) in [6.07, 6.45) is 85.9. The monoisotopic (exact) mass is 1160 g/mol. The van der Waals surface area contributed by atoms with Crippen LogP contribution in [0.3, 0.4) is 0 Å². The smallest absolute Gasteiger partial charge is 0.306 e. The van der Waals surface area contributed by atoms with E-state index in [-0.39, 0.29) is 31.1 Å². The number of hydrogen-bond donors (Lipinski definition) is 0. The molecule has 0 aromatic heterocycles. The van der Waals surface area contributed by atoms with E-state index in [1.165, 1.54) is 353 Å². The molecule has 0 aliphatic rings. The lowest BCUT2D eigenvalue weighted by Crippen LogP contribution is -2.30. The van der Waals surface area contributed by atoms with Crippen molar-refractivity contribution in [3.63, 3.8) is 0 Å². The van der Waals surface area contributed by atoms with Crippen molar-refractivity contribution in [2.24, 2.45) is 0 Å². The summed E-state index contributed by atoms with van der Waals surface area (Å²) in [5, 5.41) is 0. The van der Waals surface area contributed by atoms with E-state index in [9.17, 15) is 14.4 Å². The van der Waals surface area contributed by atoms with Crippen LogP contribution in [0.2, 0.25) is 0 Å². The van der Waals surface area contributed by atoms with Crippen molar-refractivity contribution in [3.8, 4) is 0 Å². The van der Waals surface area contributed by atoms with Gasteiger partial charge in [-0.2, -0.15) is 0 Å². The number of ether oxygens (including phenoxy) is 3. The maximum Gasteiger partial charge on any atom is 0.306 e. The van der Waals surface area contributed by atoms with E-state index in [0.717, 1.165) is 57.8 Å². The molecule has 6 nitrogen and oxygen atoms in total. The number of hydrogen-bond acceptors (Lipinski definition) is 6. The fourth-order valence-electron chi connectivity index (χ4n) is 12.2. The van der Waals surface area contributed by atoms with Gasteiger partial charge in [0.1, 0.15) is 13.2 Å². The Kier molecular flexibility index (Phi) is 70.5. The molecule has 0 saturated heterocycles. The quantitative estimate of drug-likeness (QED) is 0.0343. The minimum Gasteiger partial charge on any atom is -0.462 e. The molecule has 0 aromatic carbocycles. The third-order valence-electron chi connectivity index (χ3n) is 17.9. The third-order valence-corrected chi connectivity index (χ3v) is 17.9. The first-order valence-electron chi connectivity index (χ1n) is 38.0. The number of unbranched alkanes of at least 4 members (excludes halogenated alkanes) is 61. The van der Waals surface area contributed by atoms with Gasteiger partial charge in [0, 0.05) is 19.3 Å². The SMILES string of the molecule is CCCCCCCCCCCCCCCCCCCCCCCCCCCCCCC(=O)OCC(COC(=O)CCCCCCCCCCCCCCC)OC(=O)CCCCCCCCCCCCCCCCCCCCCCCCC. The van der Waals surface area contributed by atoms with Gasteiger partial charge < -0.3 is 14.2 Å². The van der Waals surface area contributed by atoms with Crippen LogP contribution in [0.4, 0.5) is 0 Å². The van der Waals surface area contributed by atoms with Crippen molar-refractivity contribution in [3.05, 3.63) is 0 Å². The standard InChI is InChI=1S/C76H148O6/c1-4-7-10-13-16-19-22-25-27-29-31-33-35-36-37-38-39-41-42-44-46-48-51-54-57-60-63-66-69-75(78)81-72-73(71-80-74(77)68-65-62-59-56-53-50-24-21-18-15-12-9-6-3)82-76(79)70-67-64-61-58-55-52-49-47-45-43-40-34-32-30-28-26-23-20-17-14-11-8-5-2/h73H,4-72H2,1-3H3. The molecule has 0 spiro atoms. The molecule has 6 heteroatoms. The largest absolute Gasteiger partial charge is 0.462 e. The average molecular weight is 1160 g/mol. The van der Waals surface area contributed by atoms with Gasteiger partial charge in [-0.25, -0.2) is 0 Å². The predicted molar refractivity (Wildman–Crippen MR) is 358 cm³/mol. The van der Waals surface area contributed by atoms with Crippen molar-refractivity contribution in [2.45, 2.75) is 457 Å². The highest BCUT2D eigenvalue weighted by atomic mass is 16.6. The Balaban J connectivity index is 4.14. The molecule has 1 unspecified atom stereocenters. The van der Waals surface area contributed by atoms with Crippen LogP contribution < -0.4 is 0 Å². The van der Waals surface area contributed by atoms with Gasteiger partial charge in [-0.05, 0) is 19.3 Å². The molecule has 0 aliphatic carbocycles. The number of esters is 3. The molecule has 488 valence electrons. The van der Waals surface area contributed by atoms with E-state index in [1.54, 1.807) is 0 Å². The summed E-state index contributed by atoms with van der Waals surface area (Å²) < 4.78 is 17.0. The maximum absolute atomic E-state index is 13.0. The Morgan fingerprint density at radius 2 is 0.329 bits per heavy atom. The Labute approximate surface area is 514 Å². The summed E-state index contributed by atoms with van der Waals surface area (Å²) in [4.78, 5) is 38.5. The van der Waals surface area contributed by atoms with Gasteiger partial charge in [0.25, 0.3) is 0 Å². The molecule has 0 N–H and O–H groups in total. The highest BCUT2D eigenvalue weighted by Crippen LogP contribution is 2.20. The fraction of sp³-hybridized carbons (Fsp3) is 0.961. The summed E-state index contributed by atoms with van der Waals surface area (Å²) in [7, 11) is 0. The van der Waals surface area contributed by atoms with Gasteiger partial charge >= 0.3 is 17.9 Å². The Morgan fingerprint density at radius 1 is 0.195 bits per heavy atom. The Hall–Kier alpha value is -1.59. The summed E-state index contributed by atoms with van der Waals surface area (Å²) in [5.74, 6) is -0.817. The zero-order valence-corrected chi connectivity index (χ0v) is 56.3. The molecule has 0 aliphatic heterocycles. The molecule has 0 amide bonds. The molecule has 0 bridgehead atoms. The van der Waals surface area contributed by atoms with Crippen molar-refractivity contribution in [1.82, 2.24) is 0 Å². The number of carbonyl (C=O) groups is 3. The lowest BCUT2D eigenvalue weighted by Gasteiger charge is -2.18. The van der Waals surface area contributed by atoms with E-state index in [1.807, 2.05) is 0 Å². The first-order chi connectivity index (χ1) is 40.5. The van der Waals surface area contributed by atoms with E-state index in [0.29, 0.717) is 19.3 Å². The van der Waals surface area contributed by atoms with E-state index in [2.05, 4.69) is 20.8 Å². The number of carbonyl (C=O) groups excluding carboxylic acids is 3. The minimum absolute atomic E-state index is 0.0600. The molecule has 0 rings (SSSR count). The van der Waals surface area contributed by atoms with Gasteiger partial charge in [-0.1, -0.05) is 412 Å². The maximum atomic E-state index is 13.0. The summed E-state index contributed by atoms with van der Waals surface area (Å²) in [6, 6.07) is 0. The zero-order valence-electron chi connectivity index (χ0n) is 56.3. The second-order valence-corrected chi connectivity index (χ2v) is 26.3. The first-order valence-corrected chi connectivity index (χ1v) is 38.0. The van der Waals surface area contributed by atoms with Gasteiger partial charge in [0.05, 0.1) is 0 Å². The number of rotatable bonds is 72. The van der Waals surface area contributed by atoms with Crippen LogP contribution in [0.25, 0.3) is 0 Å². The summed E-state index contributed by atoms with van der Waals surface area (Å²) >= 11 is 0.